The van der Waals surface area contributed by atoms with Gasteiger partial charge in [0.15, 0.2) is 5.13 Å². The van der Waals surface area contributed by atoms with Gasteiger partial charge in [-0.2, -0.15) is 0 Å². The zero-order valence-electron chi connectivity index (χ0n) is 12.2. The SMILES string of the molecule is CCCNc1ncc(F)cc1C(=O)Nc1nc(C)c(C)s1. The number of nitrogens with one attached hydrogen (secondary N) is 2. The van der Waals surface area contributed by atoms with Crippen LogP contribution in [0.1, 0.15) is 34.3 Å². The van der Waals surface area contributed by atoms with Crippen molar-refractivity contribution in [3.8, 4) is 0 Å². The first-order chi connectivity index (χ1) is 10.0. The highest BCUT2D eigenvalue weighted by Crippen LogP contribution is 2.23. The van der Waals surface area contributed by atoms with Gasteiger partial charge in [-0.05, 0) is 26.3 Å². The van der Waals surface area contributed by atoms with Crippen LogP contribution in [0.4, 0.5) is 15.3 Å². The molecule has 0 bridgehead atoms. The maximum atomic E-state index is 13.4. The summed E-state index contributed by atoms with van der Waals surface area (Å²) in [7, 11) is 0. The van der Waals surface area contributed by atoms with Crippen LogP contribution in [-0.2, 0) is 0 Å². The van der Waals surface area contributed by atoms with Crippen LogP contribution in [0.2, 0.25) is 0 Å². The Kier molecular flexibility index (Phi) is 4.85. The van der Waals surface area contributed by atoms with Crippen LogP contribution in [0.25, 0.3) is 0 Å². The van der Waals surface area contributed by atoms with Crippen LogP contribution in [0.5, 0.6) is 0 Å². The van der Waals surface area contributed by atoms with Crippen molar-refractivity contribution in [1.29, 1.82) is 0 Å². The van der Waals surface area contributed by atoms with Gasteiger partial charge in [0.05, 0.1) is 17.5 Å². The van der Waals surface area contributed by atoms with E-state index >= 15 is 0 Å². The number of hydrogen-bond donors (Lipinski definition) is 2. The molecule has 0 aliphatic heterocycles. The van der Waals surface area contributed by atoms with Gasteiger partial charge >= 0.3 is 0 Å². The van der Waals surface area contributed by atoms with Crippen molar-refractivity contribution in [2.75, 3.05) is 17.2 Å². The molecule has 7 heteroatoms. The number of aryl methyl sites for hydroxylation is 2. The molecule has 0 saturated carbocycles. The lowest BCUT2D eigenvalue weighted by Crippen LogP contribution is -2.16. The molecule has 0 unspecified atom stereocenters. The fourth-order valence-corrected chi connectivity index (χ4v) is 2.50. The maximum absolute atomic E-state index is 13.4. The predicted octanol–water partition coefficient (Wildman–Crippen LogP) is 3.37. The summed E-state index contributed by atoms with van der Waals surface area (Å²) in [6.07, 6.45) is 1.97. The second kappa shape index (κ2) is 6.62. The molecule has 21 heavy (non-hydrogen) atoms. The maximum Gasteiger partial charge on any atom is 0.261 e. The van der Waals surface area contributed by atoms with Gasteiger partial charge in [-0.15, -0.1) is 11.3 Å². The molecule has 2 rings (SSSR count). The number of hydrogen-bond acceptors (Lipinski definition) is 5. The topological polar surface area (TPSA) is 66.9 Å². The van der Waals surface area contributed by atoms with Gasteiger partial charge in [0.2, 0.25) is 0 Å². The monoisotopic (exact) mass is 308 g/mol. The van der Waals surface area contributed by atoms with E-state index in [1.807, 2.05) is 20.8 Å². The highest BCUT2D eigenvalue weighted by Gasteiger charge is 2.16. The van der Waals surface area contributed by atoms with Crippen LogP contribution >= 0.6 is 11.3 Å². The molecule has 0 aliphatic rings. The molecule has 0 fully saturated rings. The molecule has 1 amide bonds. The minimum atomic E-state index is -0.548. The Morgan fingerprint density at radius 2 is 2.19 bits per heavy atom. The fourth-order valence-electron chi connectivity index (χ4n) is 1.69. The molecule has 0 saturated heterocycles. The summed E-state index contributed by atoms with van der Waals surface area (Å²) in [5.41, 5.74) is 1.05. The molecule has 0 radical (unpaired) electrons. The largest absolute Gasteiger partial charge is 0.369 e. The lowest BCUT2D eigenvalue weighted by molar-refractivity contribution is 0.102. The Hall–Kier alpha value is -2.02. The minimum Gasteiger partial charge on any atom is -0.369 e. The molecule has 0 spiro atoms. The fraction of sp³-hybridized carbons (Fsp3) is 0.357. The van der Waals surface area contributed by atoms with Gasteiger partial charge in [-0.25, -0.2) is 14.4 Å². The third-order valence-electron chi connectivity index (χ3n) is 2.89. The number of pyridine rings is 1. The van der Waals surface area contributed by atoms with Gasteiger partial charge < -0.3 is 5.32 Å². The number of halogens is 1. The van der Waals surface area contributed by atoms with Gasteiger partial charge in [0.25, 0.3) is 5.91 Å². The van der Waals surface area contributed by atoms with Crippen LogP contribution < -0.4 is 10.6 Å². The van der Waals surface area contributed by atoms with Crippen LogP contribution in [0.3, 0.4) is 0 Å². The molecule has 112 valence electrons. The Morgan fingerprint density at radius 1 is 1.43 bits per heavy atom. The number of carbonyl (C=O) groups is 1. The quantitative estimate of drug-likeness (QED) is 0.888. The van der Waals surface area contributed by atoms with E-state index in [1.165, 1.54) is 17.4 Å². The smallest absolute Gasteiger partial charge is 0.261 e. The molecule has 2 aromatic rings. The summed E-state index contributed by atoms with van der Waals surface area (Å²) in [4.78, 5) is 21.5. The number of amides is 1. The number of aromatic nitrogens is 2. The van der Waals surface area contributed by atoms with Gasteiger partial charge in [-0.3, -0.25) is 10.1 Å². The van der Waals surface area contributed by atoms with E-state index < -0.39 is 11.7 Å². The summed E-state index contributed by atoms with van der Waals surface area (Å²) >= 11 is 1.39. The van der Waals surface area contributed by atoms with Gasteiger partial charge in [0.1, 0.15) is 11.6 Å². The first-order valence-corrected chi connectivity index (χ1v) is 7.47. The Balaban J connectivity index is 2.22. The molecule has 0 aromatic carbocycles. The number of carbonyl (C=O) groups excluding carboxylic acids is 1. The third-order valence-corrected chi connectivity index (χ3v) is 3.88. The number of thiazole rings is 1. The van der Waals surface area contributed by atoms with E-state index in [0.29, 0.717) is 17.5 Å². The molecule has 0 aliphatic carbocycles. The predicted molar refractivity (Wildman–Crippen MR) is 82.5 cm³/mol. The van der Waals surface area contributed by atoms with Gasteiger partial charge in [-0.1, -0.05) is 6.92 Å². The van der Waals surface area contributed by atoms with Crippen LogP contribution in [0.15, 0.2) is 12.3 Å². The van der Waals surface area contributed by atoms with E-state index in [2.05, 4.69) is 20.6 Å². The summed E-state index contributed by atoms with van der Waals surface area (Å²) in [5, 5.41) is 6.20. The highest BCUT2D eigenvalue weighted by molar-refractivity contribution is 7.15. The van der Waals surface area contributed by atoms with E-state index in [9.17, 15) is 9.18 Å². The lowest BCUT2D eigenvalue weighted by Gasteiger charge is -2.09. The number of rotatable bonds is 5. The first kappa shape index (κ1) is 15.4. The van der Waals surface area contributed by atoms with Crippen molar-refractivity contribution in [3.05, 3.63) is 34.2 Å². The van der Waals surface area contributed by atoms with E-state index in [-0.39, 0.29) is 5.56 Å². The van der Waals surface area contributed by atoms with Crippen LogP contribution in [-0.4, -0.2) is 22.4 Å². The lowest BCUT2D eigenvalue weighted by atomic mass is 10.2. The molecular weight excluding hydrogens is 291 g/mol. The molecule has 0 atom stereocenters. The van der Waals surface area contributed by atoms with Crippen LogP contribution in [0, 0.1) is 19.7 Å². The Labute approximate surface area is 126 Å². The second-order valence-corrected chi connectivity index (χ2v) is 5.79. The molecular formula is C14H17FN4OS. The average molecular weight is 308 g/mol. The summed E-state index contributed by atoms with van der Waals surface area (Å²) in [5.74, 6) is -0.594. The van der Waals surface area contributed by atoms with E-state index in [0.717, 1.165) is 23.2 Å². The zero-order chi connectivity index (χ0) is 15.4. The van der Waals surface area contributed by atoms with Crippen molar-refractivity contribution in [3.63, 3.8) is 0 Å². The molecule has 5 nitrogen and oxygen atoms in total. The van der Waals surface area contributed by atoms with E-state index in [4.69, 9.17) is 0 Å². The molecule has 2 N–H and O–H groups in total. The van der Waals surface area contributed by atoms with E-state index in [1.54, 1.807) is 0 Å². The zero-order valence-corrected chi connectivity index (χ0v) is 13.0. The summed E-state index contributed by atoms with van der Waals surface area (Å²) < 4.78 is 13.4. The molecule has 2 heterocycles. The highest BCUT2D eigenvalue weighted by atomic mass is 32.1. The first-order valence-electron chi connectivity index (χ1n) is 6.66. The van der Waals surface area contributed by atoms with Crippen molar-refractivity contribution < 1.29 is 9.18 Å². The minimum absolute atomic E-state index is 0.175. The Bertz CT molecular complexity index is 637. The Morgan fingerprint density at radius 3 is 2.81 bits per heavy atom. The third kappa shape index (κ3) is 3.75. The van der Waals surface area contributed by atoms with Gasteiger partial charge in [0, 0.05) is 11.4 Å². The van der Waals surface area contributed by atoms with Crippen molar-refractivity contribution in [2.45, 2.75) is 27.2 Å². The average Bonchev–Trinajstić information content (AvgIpc) is 2.75. The van der Waals surface area contributed by atoms with Crippen molar-refractivity contribution in [1.82, 2.24) is 9.97 Å². The second-order valence-electron chi connectivity index (χ2n) is 4.59. The summed E-state index contributed by atoms with van der Waals surface area (Å²) in [6, 6.07) is 1.17. The summed E-state index contributed by atoms with van der Waals surface area (Å²) in [6.45, 7) is 6.46. The number of nitrogens with zero attached hydrogens (tertiary/aromatic N) is 2. The van der Waals surface area contributed by atoms with Crippen molar-refractivity contribution in [2.24, 2.45) is 0 Å². The normalized spacial score (nSPS) is 10.5. The number of anilines is 2. The standard InChI is InChI=1S/C14H17FN4OS/c1-4-5-16-12-11(6-10(15)7-17-12)13(20)19-14-18-8(2)9(3)21-14/h6-7H,4-5H2,1-3H3,(H,16,17)(H,18,19,20). The molecule has 2 aromatic heterocycles. The van der Waals surface area contributed by atoms with Crippen molar-refractivity contribution >= 4 is 28.2 Å².